The molecule has 0 saturated heterocycles. The van der Waals surface area contributed by atoms with E-state index in [-0.39, 0.29) is 11.6 Å². The van der Waals surface area contributed by atoms with Gasteiger partial charge in [0.25, 0.3) is 0 Å². The van der Waals surface area contributed by atoms with Gasteiger partial charge in [-0.05, 0) is 36.4 Å². The Morgan fingerprint density at radius 3 is 2.33 bits per heavy atom. The van der Waals surface area contributed by atoms with Gasteiger partial charge in [0, 0.05) is 34.3 Å². The molecule has 10 heteroatoms. The minimum Gasteiger partial charge on any atom is -0.493 e. The molecule has 0 aliphatic heterocycles. The Morgan fingerprint density at radius 1 is 0.818 bits per heavy atom. The lowest BCUT2D eigenvalue weighted by molar-refractivity contribution is 0.356. The van der Waals surface area contributed by atoms with Crippen molar-refractivity contribution >= 4 is 44.9 Å². The van der Waals surface area contributed by atoms with Crippen molar-refractivity contribution in [3.05, 3.63) is 66.4 Å². The number of ether oxygens (including phenoxy) is 2. The molecule has 3 N–H and O–H groups in total. The molecule has 0 spiro atoms. The van der Waals surface area contributed by atoms with Gasteiger partial charge in [0.1, 0.15) is 17.5 Å². The first-order chi connectivity index (χ1) is 16.0. The smallest absolute Gasteiger partial charge is 0.229 e. The number of H-pyrrole nitrogens is 1. The van der Waals surface area contributed by atoms with Crippen molar-refractivity contribution in [3.8, 4) is 11.5 Å². The van der Waals surface area contributed by atoms with Gasteiger partial charge in [0.05, 0.1) is 31.4 Å². The van der Waals surface area contributed by atoms with Crippen molar-refractivity contribution in [1.29, 1.82) is 0 Å². The van der Waals surface area contributed by atoms with Gasteiger partial charge in [-0.3, -0.25) is 5.10 Å². The number of nitrogens with zero attached hydrogens (tertiary/aromatic N) is 3. The van der Waals surface area contributed by atoms with Crippen LogP contribution in [-0.2, 0) is 0 Å². The van der Waals surface area contributed by atoms with Gasteiger partial charge in [-0.25, -0.2) is 13.8 Å². The molecule has 0 saturated carbocycles. The molecule has 8 nitrogen and oxygen atoms in total. The number of hydrogen-bond acceptors (Lipinski definition) is 7. The van der Waals surface area contributed by atoms with Gasteiger partial charge in [0.15, 0.2) is 11.5 Å². The number of aromatic nitrogens is 4. The van der Waals surface area contributed by atoms with Gasteiger partial charge in [0.2, 0.25) is 5.95 Å². The maximum absolute atomic E-state index is 13.7. The number of rotatable bonds is 6. The summed E-state index contributed by atoms with van der Waals surface area (Å²) < 4.78 is 38.1. The van der Waals surface area contributed by atoms with Gasteiger partial charge >= 0.3 is 0 Å². The first-order valence-corrected chi connectivity index (χ1v) is 9.89. The lowest BCUT2D eigenvalue weighted by Crippen LogP contribution is -2.03. The number of benzene rings is 3. The minimum atomic E-state index is -0.712. The van der Waals surface area contributed by atoms with E-state index in [4.69, 9.17) is 9.47 Å². The molecule has 0 aliphatic rings. The molecule has 0 bridgehead atoms. The van der Waals surface area contributed by atoms with Gasteiger partial charge < -0.3 is 20.1 Å². The first-order valence-electron chi connectivity index (χ1n) is 9.89. The van der Waals surface area contributed by atoms with E-state index in [2.05, 4.69) is 30.8 Å². The van der Waals surface area contributed by atoms with E-state index in [0.29, 0.717) is 28.2 Å². The highest BCUT2D eigenvalue weighted by Crippen LogP contribution is 2.36. The van der Waals surface area contributed by atoms with Crippen LogP contribution < -0.4 is 20.1 Å². The molecule has 5 aromatic rings. The third-order valence-electron chi connectivity index (χ3n) is 5.02. The van der Waals surface area contributed by atoms with E-state index in [9.17, 15) is 8.78 Å². The zero-order chi connectivity index (χ0) is 22.9. The standard InChI is InChI=1S/C23H18F2N6O2/c1-32-20-9-17-19(10-21(20)33-2)29-23(28-16-7-13(24)6-14(25)8-16)30-22(17)27-15-3-4-18-12(5-15)11-26-31-18/h3-11H,1-2H3,(H,26,31)(H2,27,28,29,30). The Hall–Kier alpha value is -4.47. The topological polar surface area (TPSA) is 97.0 Å². The highest BCUT2D eigenvalue weighted by atomic mass is 19.1. The molecule has 0 unspecified atom stereocenters. The Kier molecular flexibility index (Phi) is 5.09. The fraction of sp³-hybridized carbons (Fsp3) is 0.0870. The van der Waals surface area contributed by atoms with Crippen molar-refractivity contribution in [2.75, 3.05) is 24.9 Å². The lowest BCUT2D eigenvalue weighted by Gasteiger charge is -2.15. The normalized spacial score (nSPS) is 11.0. The Labute approximate surface area is 186 Å². The summed E-state index contributed by atoms with van der Waals surface area (Å²) in [5.41, 5.74) is 2.38. The third kappa shape index (κ3) is 4.05. The fourth-order valence-corrected chi connectivity index (χ4v) is 3.52. The van der Waals surface area contributed by atoms with E-state index in [1.807, 2.05) is 18.2 Å². The number of anilines is 4. The summed E-state index contributed by atoms with van der Waals surface area (Å²) >= 11 is 0. The van der Waals surface area contributed by atoms with Crippen LogP contribution in [0.5, 0.6) is 11.5 Å². The van der Waals surface area contributed by atoms with Crippen LogP contribution in [0.4, 0.5) is 31.9 Å². The second-order valence-corrected chi connectivity index (χ2v) is 7.20. The van der Waals surface area contributed by atoms with Crippen LogP contribution in [0.1, 0.15) is 0 Å². The van der Waals surface area contributed by atoms with Crippen LogP contribution in [0.25, 0.3) is 21.8 Å². The summed E-state index contributed by atoms with van der Waals surface area (Å²) in [4.78, 5) is 9.05. The summed E-state index contributed by atoms with van der Waals surface area (Å²) in [7, 11) is 3.07. The molecule has 3 aromatic carbocycles. The molecule has 0 amide bonds. The zero-order valence-electron chi connectivity index (χ0n) is 17.6. The van der Waals surface area contributed by atoms with E-state index in [1.54, 1.807) is 25.4 Å². The first kappa shape index (κ1) is 20.4. The Bertz CT molecular complexity index is 1470. The van der Waals surface area contributed by atoms with Crippen molar-refractivity contribution in [1.82, 2.24) is 20.2 Å². The molecule has 5 rings (SSSR count). The van der Waals surface area contributed by atoms with E-state index >= 15 is 0 Å². The van der Waals surface area contributed by atoms with Crippen LogP contribution in [0, 0.1) is 11.6 Å². The number of aromatic amines is 1. The predicted molar refractivity (Wildman–Crippen MR) is 122 cm³/mol. The van der Waals surface area contributed by atoms with Crippen molar-refractivity contribution < 1.29 is 18.3 Å². The van der Waals surface area contributed by atoms with Crippen LogP contribution >= 0.6 is 0 Å². The van der Waals surface area contributed by atoms with Crippen LogP contribution in [0.15, 0.2) is 54.7 Å². The summed E-state index contributed by atoms with van der Waals surface area (Å²) in [6.45, 7) is 0. The van der Waals surface area contributed by atoms with Crippen molar-refractivity contribution in [3.63, 3.8) is 0 Å². The van der Waals surface area contributed by atoms with E-state index < -0.39 is 11.6 Å². The molecule has 33 heavy (non-hydrogen) atoms. The molecule has 0 radical (unpaired) electrons. The molecule has 166 valence electrons. The summed E-state index contributed by atoms with van der Waals surface area (Å²) in [5, 5.41) is 14.7. The molecular weight excluding hydrogens is 430 g/mol. The fourth-order valence-electron chi connectivity index (χ4n) is 3.52. The second kappa shape index (κ2) is 8.23. The zero-order valence-corrected chi connectivity index (χ0v) is 17.6. The summed E-state index contributed by atoms with van der Waals surface area (Å²) in [5.74, 6) is 0.176. The molecule has 2 aromatic heterocycles. The second-order valence-electron chi connectivity index (χ2n) is 7.20. The number of methoxy groups -OCH3 is 2. The molecule has 2 heterocycles. The Balaban J connectivity index is 1.63. The molecular formula is C23H18F2N6O2. The average Bonchev–Trinajstić information content (AvgIpc) is 3.25. The van der Waals surface area contributed by atoms with Crippen molar-refractivity contribution in [2.45, 2.75) is 0 Å². The number of halogens is 2. The lowest BCUT2D eigenvalue weighted by atomic mass is 10.2. The maximum Gasteiger partial charge on any atom is 0.229 e. The SMILES string of the molecule is COc1cc2nc(Nc3cc(F)cc(F)c3)nc(Nc3ccc4[nH]ncc4c3)c2cc1OC. The van der Waals surface area contributed by atoms with Crippen LogP contribution in [-0.4, -0.2) is 34.4 Å². The third-order valence-corrected chi connectivity index (χ3v) is 5.02. The Morgan fingerprint density at radius 2 is 1.58 bits per heavy atom. The highest BCUT2D eigenvalue weighted by Gasteiger charge is 2.15. The number of fused-ring (bicyclic) bond motifs is 2. The average molecular weight is 448 g/mol. The minimum absolute atomic E-state index is 0.145. The van der Waals surface area contributed by atoms with Crippen LogP contribution in [0.3, 0.4) is 0 Å². The van der Waals surface area contributed by atoms with E-state index in [1.165, 1.54) is 7.11 Å². The monoisotopic (exact) mass is 448 g/mol. The van der Waals surface area contributed by atoms with Crippen LogP contribution in [0.2, 0.25) is 0 Å². The van der Waals surface area contributed by atoms with Crippen molar-refractivity contribution in [2.24, 2.45) is 0 Å². The number of hydrogen-bond donors (Lipinski definition) is 3. The molecule has 0 atom stereocenters. The summed E-state index contributed by atoms with van der Waals surface area (Å²) in [6, 6.07) is 12.3. The van der Waals surface area contributed by atoms with Gasteiger partial charge in [-0.2, -0.15) is 10.1 Å². The van der Waals surface area contributed by atoms with E-state index in [0.717, 1.165) is 34.8 Å². The maximum atomic E-state index is 13.7. The quantitative estimate of drug-likeness (QED) is 0.325. The summed E-state index contributed by atoms with van der Waals surface area (Å²) in [6.07, 6.45) is 1.72. The predicted octanol–water partition coefficient (Wildman–Crippen LogP) is 5.29. The van der Waals surface area contributed by atoms with Gasteiger partial charge in [-0.1, -0.05) is 0 Å². The largest absolute Gasteiger partial charge is 0.493 e. The number of nitrogens with one attached hydrogen (secondary N) is 3. The highest BCUT2D eigenvalue weighted by molar-refractivity contribution is 5.95. The molecule has 0 fully saturated rings. The molecule has 0 aliphatic carbocycles. The van der Waals surface area contributed by atoms with Gasteiger partial charge in [-0.15, -0.1) is 0 Å².